The first-order valence-electron chi connectivity index (χ1n) is 16.0. The summed E-state index contributed by atoms with van der Waals surface area (Å²) >= 11 is 0. The number of hydrogen-bond acceptors (Lipinski definition) is 4. The molecular weight excluding hydrogens is 532 g/mol. The topological polar surface area (TPSA) is 52.6 Å². The molecule has 4 aliphatic carbocycles. The maximum atomic E-state index is 12.8. The third kappa shape index (κ3) is 5.85. The van der Waals surface area contributed by atoms with Gasteiger partial charge in [-0.05, 0) is 131 Å². The summed E-state index contributed by atoms with van der Waals surface area (Å²) in [6, 6.07) is 29.2. The molecule has 8 rings (SSSR count). The fourth-order valence-corrected chi connectivity index (χ4v) is 8.75. The minimum Gasteiger partial charge on any atom is -0.466 e. The zero-order valence-electron chi connectivity index (χ0n) is 25.0. The Morgan fingerprint density at radius 2 is 1.40 bits per heavy atom. The molecule has 4 fully saturated rings. The molecular formula is C39H40O4. The van der Waals surface area contributed by atoms with E-state index in [1.807, 2.05) is 48.5 Å². The number of esters is 2. The summed E-state index contributed by atoms with van der Waals surface area (Å²) in [6.45, 7) is 2.23. The van der Waals surface area contributed by atoms with Crippen molar-refractivity contribution in [2.45, 2.75) is 70.3 Å². The fourth-order valence-electron chi connectivity index (χ4n) is 8.75. The predicted octanol–water partition coefficient (Wildman–Crippen LogP) is 8.83. The van der Waals surface area contributed by atoms with E-state index in [-0.39, 0.29) is 24.0 Å². The molecule has 4 aromatic rings. The zero-order chi connectivity index (χ0) is 29.4. The van der Waals surface area contributed by atoms with Crippen LogP contribution in [0.5, 0.6) is 0 Å². The first-order valence-corrected chi connectivity index (χ1v) is 16.0. The van der Waals surface area contributed by atoms with Crippen molar-refractivity contribution in [1.82, 2.24) is 0 Å². The number of carbonyl (C=O) groups is 2. The third-order valence-corrected chi connectivity index (χ3v) is 10.2. The molecule has 4 aromatic carbocycles. The molecule has 0 spiro atoms. The lowest BCUT2D eigenvalue weighted by atomic mass is 9.47. The third-order valence-electron chi connectivity index (χ3n) is 10.2. The Bertz CT molecular complexity index is 1620. The molecule has 4 saturated carbocycles. The number of benzene rings is 4. The van der Waals surface area contributed by atoms with Gasteiger partial charge in [-0.15, -0.1) is 0 Å². The van der Waals surface area contributed by atoms with Gasteiger partial charge in [0.2, 0.25) is 0 Å². The number of ether oxygens (including phenoxy) is 2. The molecule has 4 heteroatoms. The van der Waals surface area contributed by atoms with Crippen LogP contribution in [0, 0.1) is 17.8 Å². The average Bonchev–Trinajstić information content (AvgIpc) is 3.01. The summed E-state index contributed by atoms with van der Waals surface area (Å²) in [5.41, 5.74) is 7.25. The highest BCUT2D eigenvalue weighted by Gasteiger charge is 2.52. The van der Waals surface area contributed by atoms with E-state index in [4.69, 9.17) is 9.47 Å². The number of rotatable bonds is 9. The number of aryl methyl sites for hydroxylation is 1. The second kappa shape index (κ2) is 11.6. The summed E-state index contributed by atoms with van der Waals surface area (Å²) < 4.78 is 10.8. The zero-order valence-corrected chi connectivity index (χ0v) is 25.0. The van der Waals surface area contributed by atoms with Crippen molar-refractivity contribution >= 4 is 22.7 Å². The number of hydrogen-bond donors (Lipinski definition) is 0. The van der Waals surface area contributed by atoms with E-state index in [1.54, 1.807) is 5.56 Å². The summed E-state index contributed by atoms with van der Waals surface area (Å²) in [5, 5.41) is 2.14. The van der Waals surface area contributed by atoms with Gasteiger partial charge in [-0.3, -0.25) is 4.79 Å². The lowest BCUT2D eigenvalue weighted by molar-refractivity contribution is -0.141. The molecule has 0 unspecified atom stereocenters. The SMILES string of the molecule is CC(=O)OCCCc1ccc(-c2ccc3cc(C(=O)OCc4ccccc4)ccc3c2)cc1C12CC3CC(CC(C3)C1)C2. The van der Waals surface area contributed by atoms with Crippen molar-refractivity contribution in [3.8, 4) is 11.1 Å². The maximum Gasteiger partial charge on any atom is 0.338 e. The largest absolute Gasteiger partial charge is 0.466 e. The van der Waals surface area contributed by atoms with Crippen LogP contribution < -0.4 is 0 Å². The highest BCUT2D eigenvalue weighted by Crippen LogP contribution is 2.61. The summed E-state index contributed by atoms with van der Waals surface area (Å²) in [6.07, 6.45) is 10.0. The molecule has 4 bridgehead atoms. The minimum absolute atomic E-state index is 0.204. The monoisotopic (exact) mass is 572 g/mol. The first-order chi connectivity index (χ1) is 20.9. The predicted molar refractivity (Wildman–Crippen MR) is 170 cm³/mol. The van der Waals surface area contributed by atoms with E-state index in [9.17, 15) is 9.59 Å². The molecule has 0 aromatic heterocycles. The van der Waals surface area contributed by atoms with Crippen LogP contribution in [-0.2, 0) is 32.7 Å². The molecule has 0 heterocycles. The summed E-state index contributed by atoms with van der Waals surface area (Å²) in [7, 11) is 0. The van der Waals surface area contributed by atoms with Gasteiger partial charge in [0.15, 0.2) is 0 Å². The Hall–Kier alpha value is -3.92. The van der Waals surface area contributed by atoms with E-state index in [0.717, 1.165) is 46.9 Å². The van der Waals surface area contributed by atoms with Crippen LogP contribution >= 0.6 is 0 Å². The van der Waals surface area contributed by atoms with Crippen molar-refractivity contribution in [3.63, 3.8) is 0 Å². The van der Waals surface area contributed by atoms with Crippen molar-refractivity contribution in [3.05, 3.63) is 107 Å². The van der Waals surface area contributed by atoms with E-state index < -0.39 is 0 Å². The normalized spacial score (nSPS) is 23.8. The van der Waals surface area contributed by atoms with Gasteiger partial charge in [-0.25, -0.2) is 4.79 Å². The van der Waals surface area contributed by atoms with Crippen LogP contribution in [0.2, 0.25) is 0 Å². The van der Waals surface area contributed by atoms with Gasteiger partial charge < -0.3 is 9.47 Å². The molecule has 0 atom stereocenters. The van der Waals surface area contributed by atoms with Gasteiger partial charge in [0.1, 0.15) is 6.61 Å². The smallest absolute Gasteiger partial charge is 0.338 e. The Kier molecular flexibility index (Phi) is 7.55. The second-order valence-corrected chi connectivity index (χ2v) is 13.4. The second-order valence-electron chi connectivity index (χ2n) is 13.4. The van der Waals surface area contributed by atoms with Crippen molar-refractivity contribution < 1.29 is 19.1 Å². The summed E-state index contributed by atoms with van der Waals surface area (Å²) in [5.74, 6) is 2.11. The van der Waals surface area contributed by atoms with Crippen LogP contribution in [0.1, 0.15) is 78.9 Å². The standard InChI is InChI=1S/C39H40O4/c1-26(40)42-15-5-8-31-9-10-35(21-37(31)39-22-28-16-29(23-39)18-30(17-28)24-39)33-11-12-34-20-36(14-13-32(34)19-33)38(41)43-25-27-6-3-2-4-7-27/h2-4,6-7,9-14,19-21,28-30H,5,8,15-18,22-25H2,1H3. The van der Waals surface area contributed by atoms with Gasteiger partial charge in [0.05, 0.1) is 12.2 Å². The highest BCUT2D eigenvalue weighted by molar-refractivity contribution is 5.96. The van der Waals surface area contributed by atoms with Crippen LogP contribution in [0.4, 0.5) is 0 Å². The molecule has 220 valence electrons. The van der Waals surface area contributed by atoms with Crippen LogP contribution in [0.3, 0.4) is 0 Å². The Balaban J connectivity index is 1.16. The number of carbonyl (C=O) groups excluding carboxylic acids is 2. The van der Waals surface area contributed by atoms with Crippen LogP contribution in [0.25, 0.3) is 21.9 Å². The van der Waals surface area contributed by atoms with Gasteiger partial charge in [-0.1, -0.05) is 66.7 Å². The Morgan fingerprint density at radius 1 is 0.744 bits per heavy atom. The van der Waals surface area contributed by atoms with Gasteiger partial charge in [0.25, 0.3) is 0 Å². The lowest BCUT2D eigenvalue weighted by Crippen LogP contribution is -2.49. The van der Waals surface area contributed by atoms with Crippen LogP contribution in [-0.4, -0.2) is 18.5 Å². The van der Waals surface area contributed by atoms with E-state index in [2.05, 4.69) is 36.4 Å². The molecule has 0 aliphatic heterocycles. The van der Waals surface area contributed by atoms with Crippen molar-refractivity contribution in [1.29, 1.82) is 0 Å². The molecule has 43 heavy (non-hydrogen) atoms. The van der Waals surface area contributed by atoms with Gasteiger partial charge in [-0.2, -0.15) is 0 Å². The quantitative estimate of drug-likeness (QED) is 0.149. The van der Waals surface area contributed by atoms with Gasteiger partial charge >= 0.3 is 11.9 Å². The Labute approximate surface area is 254 Å². The van der Waals surface area contributed by atoms with Crippen LogP contribution in [0.15, 0.2) is 84.9 Å². The van der Waals surface area contributed by atoms with E-state index in [0.29, 0.717) is 12.2 Å². The lowest BCUT2D eigenvalue weighted by Gasteiger charge is -2.57. The Morgan fingerprint density at radius 3 is 2.12 bits per heavy atom. The molecule has 0 N–H and O–H groups in total. The van der Waals surface area contributed by atoms with Crippen molar-refractivity contribution in [2.24, 2.45) is 17.8 Å². The fraction of sp³-hybridized carbons (Fsp3) is 0.385. The molecule has 4 aliphatic rings. The highest BCUT2D eigenvalue weighted by atomic mass is 16.5. The van der Waals surface area contributed by atoms with E-state index in [1.165, 1.54) is 62.1 Å². The van der Waals surface area contributed by atoms with Crippen molar-refractivity contribution in [2.75, 3.05) is 6.61 Å². The molecule has 0 radical (unpaired) electrons. The average molecular weight is 573 g/mol. The first kappa shape index (κ1) is 27.9. The van der Waals surface area contributed by atoms with E-state index >= 15 is 0 Å². The van der Waals surface area contributed by atoms with Gasteiger partial charge in [0, 0.05) is 6.92 Å². The maximum absolute atomic E-state index is 12.8. The minimum atomic E-state index is -0.306. The summed E-state index contributed by atoms with van der Waals surface area (Å²) in [4.78, 5) is 24.1. The number of fused-ring (bicyclic) bond motifs is 1. The molecule has 0 amide bonds. The molecule has 0 saturated heterocycles. The molecule has 4 nitrogen and oxygen atoms in total.